The predicted molar refractivity (Wildman–Crippen MR) is 92.4 cm³/mol. The van der Waals surface area contributed by atoms with Gasteiger partial charge in [0, 0.05) is 26.2 Å². The molecule has 0 bridgehead atoms. The van der Waals surface area contributed by atoms with Gasteiger partial charge in [-0.1, -0.05) is 0 Å². The molecule has 3 heterocycles. The number of nitro groups is 1. The zero-order valence-corrected chi connectivity index (χ0v) is 15.2. The Balaban J connectivity index is 1.53. The summed E-state index contributed by atoms with van der Waals surface area (Å²) >= 11 is 0. The molecule has 0 N–H and O–H groups in total. The van der Waals surface area contributed by atoms with Crippen molar-refractivity contribution in [3.05, 3.63) is 15.8 Å². The van der Waals surface area contributed by atoms with Crippen LogP contribution in [0.5, 0.6) is 5.88 Å². The second kappa shape index (κ2) is 9.29. The summed E-state index contributed by atoms with van der Waals surface area (Å²) in [6, 6.07) is 0.117. The van der Waals surface area contributed by atoms with Gasteiger partial charge >= 0.3 is 11.6 Å². The molecule has 0 aromatic carbocycles. The number of hydrogen-bond acceptors (Lipinski definition) is 7. The van der Waals surface area contributed by atoms with Crippen molar-refractivity contribution in [2.45, 2.75) is 57.8 Å². The van der Waals surface area contributed by atoms with Crippen molar-refractivity contribution in [1.82, 2.24) is 9.78 Å². The van der Waals surface area contributed by atoms with Crippen molar-refractivity contribution in [3.8, 4) is 5.88 Å². The van der Waals surface area contributed by atoms with Crippen molar-refractivity contribution in [1.29, 1.82) is 0 Å². The van der Waals surface area contributed by atoms with Crippen molar-refractivity contribution >= 4 is 5.69 Å². The Morgan fingerprint density at radius 3 is 2.73 bits per heavy atom. The van der Waals surface area contributed by atoms with E-state index in [9.17, 15) is 10.1 Å². The first-order valence-electron chi connectivity index (χ1n) is 9.34. The van der Waals surface area contributed by atoms with Crippen LogP contribution in [0.2, 0.25) is 0 Å². The quantitative estimate of drug-likeness (QED) is 0.395. The number of rotatable bonds is 8. The van der Waals surface area contributed by atoms with Crippen LogP contribution < -0.4 is 4.74 Å². The molecule has 1 aromatic rings. The van der Waals surface area contributed by atoms with Crippen molar-refractivity contribution in [2.75, 3.05) is 33.0 Å². The van der Waals surface area contributed by atoms with Gasteiger partial charge in [-0.25, -0.2) is 0 Å². The van der Waals surface area contributed by atoms with E-state index in [4.69, 9.17) is 18.9 Å². The second-order valence-corrected chi connectivity index (χ2v) is 6.65. The Morgan fingerprint density at radius 2 is 2.04 bits per heavy atom. The molecule has 146 valence electrons. The lowest BCUT2D eigenvalue weighted by Gasteiger charge is -2.23. The standard InChI is InChI=1S/C17H27N3O6/c1-13-16(20(21)22)17(18-19(13)14-6-11-23-12-7-14)26-10-4-9-25-15-5-2-3-8-24-15/h14-15H,2-12H2,1H3. The fourth-order valence-electron chi connectivity index (χ4n) is 3.36. The maximum Gasteiger partial charge on any atom is 0.352 e. The summed E-state index contributed by atoms with van der Waals surface area (Å²) in [5, 5.41) is 15.8. The summed E-state index contributed by atoms with van der Waals surface area (Å²) in [7, 11) is 0. The summed E-state index contributed by atoms with van der Waals surface area (Å²) in [5.41, 5.74) is 0.483. The third-order valence-corrected chi connectivity index (χ3v) is 4.78. The van der Waals surface area contributed by atoms with Crippen LogP contribution in [0, 0.1) is 17.0 Å². The Hall–Kier alpha value is -1.71. The van der Waals surface area contributed by atoms with Gasteiger partial charge in [0.15, 0.2) is 6.29 Å². The lowest BCUT2D eigenvalue weighted by atomic mass is 10.1. The molecule has 26 heavy (non-hydrogen) atoms. The van der Waals surface area contributed by atoms with Gasteiger partial charge in [-0.05, 0) is 39.0 Å². The van der Waals surface area contributed by atoms with Gasteiger partial charge in [0.25, 0.3) is 0 Å². The van der Waals surface area contributed by atoms with Crippen LogP contribution in [0.15, 0.2) is 0 Å². The molecule has 2 aliphatic rings. The molecule has 0 radical (unpaired) electrons. The number of ether oxygens (including phenoxy) is 4. The summed E-state index contributed by atoms with van der Waals surface area (Å²) < 4.78 is 23.8. The van der Waals surface area contributed by atoms with Crippen LogP contribution in [-0.2, 0) is 14.2 Å². The maximum atomic E-state index is 11.4. The van der Waals surface area contributed by atoms with E-state index in [2.05, 4.69) is 5.10 Å². The molecule has 9 heteroatoms. The first kappa shape index (κ1) is 19.1. The molecule has 0 saturated carbocycles. The van der Waals surface area contributed by atoms with E-state index in [1.54, 1.807) is 11.6 Å². The first-order valence-corrected chi connectivity index (χ1v) is 9.34. The normalized spacial score (nSPS) is 21.7. The highest BCUT2D eigenvalue weighted by molar-refractivity contribution is 5.45. The highest BCUT2D eigenvalue weighted by Crippen LogP contribution is 2.34. The molecule has 2 saturated heterocycles. The monoisotopic (exact) mass is 369 g/mol. The van der Waals surface area contributed by atoms with Gasteiger partial charge in [0.1, 0.15) is 5.69 Å². The molecular formula is C17H27N3O6. The van der Waals surface area contributed by atoms with Gasteiger partial charge < -0.3 is 18.9 Å². The van der Waals surface area contributed by atoms with Crippen LogP contribution in [-0.4, -0.2) is 54.0 Å². The molecule has 1 atom stereocenters. The SMILES string of the molecule is Cc1c([N+](=O)[O-])c(OCCCOC2CCCCO2)nn1C1CCOCC1. The van der Waals surface area contributed by atoms with Gasteiger partial charge in [0.2, 0.25) is 0 Å². The van der Waals surface area contributed by atoms with E-state index in [1.165, 1.54) is 0 Å². The minimum absolute atomic E-state index is 0.0481. The molecule has 2 fully saturated rings. The zero-order valence-electron chi connectivity index (χ0n) is 15.2. The molecule has 9 nitrogen and oxygen atoms in total. The number of aromatic nitrogens is 2. The third kappa shape index (κ3) is 4.72. The van der Waals surface area contributed by atoms with Crippen LogP contribution in [0.3, 0.4) is 0 Å². The van der Waals surface area contributed by atoms with Gasteiger partial charge in [-0.2, -0.15) is 0 Å². The van der Waals surface area contributed by atoms with Crippen LogP contribution in [0.4, 0.5) is 5.69 Å². The minimum atomic E-state index is -0.417. The van der Waals surface area contributed by atoms with E-state index in [0.717, 1.165) is 38.7 Å². The zero-order chi connectivity index (χ0) is 18.4. The smallest absolute Gasteiger partial charge is 0.352 e. The summed E-state index contributed by atoms with van der Waals surface area (Å²) in [5.74, 6) is 0.0907. The molecule has 1 aromatic heterocycles. The Labute approximate surface area is 152 Å². The summed E-state index contributed by atoms with van der Waals surface area (Å²) in [6.45, 7) is 4.58. The largest absolute Gasteiger partial charge is 0.472 e. The molecule has 2 aliphatic heterocycles. The molecule has 0 amide bonds. The lowest BCUT2D eigenvalue weighted by molar-refractivity contribution is -0.386. The Kier molecular flexibility index (Phi) is 6.81. The fourth-order valence-corrected chi connectivity index (χ4v) is 3.36. The van der Waals surface area contributed by atoms with Crippen LogP contribution in [0.25, 0.3) is 0 Å². The average Bonchev–Trinajstić information content (AvgIpc) is 2.99. The second-order valence-electron chi connectivity index (χ2n) is 6.65. The van der Waals surface area contributed by atoms with E-state index in [0.29, 0.717) is 38.5 Å². The van der Waals surface area contributed by atoms with Gasteiger partial charge in [-0.15, -0.1) is 5.10 Å². The highest BCUT2D eigenvalue weighted by Gasteiger charge is 2.30. The van der Waals surface area contributed by atoms with Gasteiger partial charge in [-0.3, -0.25) is 14.8 Å². The van der Waals surface area contributed by atoms with E-state index < -0.39 is 4.92 Å². The van der Waals surface area contributed by atoms with Crippen molar-refractivity contribution in [3.63, 3.8) is 0 Å². The van der Waals surface area contributed by atoms with E-state index in [-0.39, 0.29) is 23.9 Å². The molecule has 1 unspecified atom stereocenters. The average molecular weight is 369 g/mol. The predicted octanol–water partition coefficient (Wildman–Crippen LogP) is 2.76. The topological polar surface area (TPSA) is 97.9 Å². The van der Waals surface area contributed by atoms with Gasteiger partial charge in [0.05, 0.1) is 24.2 Å². The molecule has 3 rings (SSSR count). The number of nitrogens with zero attached hydrogens (tertiary/aromatic N) is 3. The first-order chi connectivity index (χ1) is 12.7. The van der Waals surface area contributed by atoms with E-state index in [1.807, 2.05) is 0 Å². The summed E-state index contributed by atoms with van der Waals surface area (Å²) in [6.07, 6.45) is 5.22. The fraction of sp³-hybridized carbons (Fsp3) is 0.824. The third-order valence-electron chi connectivity index (χ3n) is 4.78. The van der Waals surface area contributed by atoms with Crippen LogP contribution >= 0.6 is 0 Å². The minimum Gasteiger partial charge on any atom is -0.472 e. The molecule has 0 aliphatic carbocycles. The maximum absolute atomic E-state index is 11.4. The summed E-state index contributed by atoms with van der Waals surface area (Å²) in [4.78, 5) is 11.0. The molecular weight excluding hydrogens is 342 g/mol. The van der Waals surface area contributed by atoms with Crippen molar-refractivity contribution < 1.29 is 23.9 Å². The lowest BCUT2D eigenvalue weighted by Crippen LogP contribution is -2.23. The Morgan fingerprint density at radius 1 is 1.23 bits per heavy atom. The number of hydrogen-bond donors (Lipinski definition) is 0. The highest BCUT2D eigenvalue weighted by atomic mass is 16.7. The van der Waals surface area contributed by atoms with Crippen molar-refractivity contribution in [2.24, 2.45) is 0 Å². The van der Waals surface area contributed by atoms with E-state index >= 15 is 0 Å². The molecule has 0 spiro atoms. The van der Waals surface area contributed by atoms with Crippen LogP contribution in [0.1, 0.15) is 50.3 Å². The Bertz CT molecular complexity index is 594.